The number of nitrogens with zero attached hydrogens (tertiary/aromatic N) is 1. The molecule has 0 fully saturated rings. The van der Waals surface area contributed by atoms with Gasteiger partial charge in [0.05, 0.1) is 5.69 Å². The Morgan fingerprint density at radius 1 is 0.274 bits per heavy atom. The molecule has 12 rings (SSSR count). The van der Waals surface area contributed by atoms with E-state index in [1.165, 1.54) is 65.7 Å². The van der Waals surface area contributed by atoms with Crippen LogP contribution >= 0.6 is 0 Å². The Morgan fingerprint density at radius 3 is 1.60 bits per heavy atom. The normalized spacial score (nSPS) is 11.5. The van der Waals surface area contributed by atoms with E-state index in [2.05, 4.69) is 229 Å². The monoisotopic (exact) mass is 789 g/mol. The first-order valence-electron chi connectivity index (χ1n) is 21.2. The molecule has 1 aromatic heterocycles. The van der Waals surface area contributed by atoms with Crippen LogP contribution in [0, 0.1) is 0 Å². The maximum atomic E-state index is 6.23. The fraction of sp³-hybridized carbons (Fsp3) is 0. The van der Waals surface area contributed by atoms with Crippen LogP contribution in [0.3, 0.4) is 0 Å². The van der Waals surface area contributed by atoms with Crippen molar-refractivity contribution in [2.24, 2.45) is 0 Å². The second kappa shape index (κ2) is 14.8. The molecule has 0 unspecified atom stereocenters. The highest BCUT2D eigenvalue weighted by Gasteiger charge is 2.24. The SMILES string of the molecule is c1ccc(-c2c(N(c3ccc(-c4ccc(-c5cccc6ccccc56)cc4)cc3)c3cccc(-c4ccc5oc6ccccc6c5c4)c3)c3ccccc3c3ccccc23)cc1. The third-order valence-corrected chi connectivity index (χ3v) is 12.5. The quantitative estimate of drug-likeness (QED) is 0.150. The van der Waals surface area contributed by atoms with Gasteiger partial charge in [-0.2, -0.15) is 0 Å². The third kappa shape index (κ3) is 6.04. The van der Waals surface area contributed by atoms with E-state index in [4.69, 9.17) is 4.42 Å². The van der Waals surface area contributed by atoms with Gasteiger partial charge in [0.25, 0.3) is 0 Å². The molecule has 0 atom stereocenters. The van der Waals surface area contributed by atoms with Crippen molar-refractivity contribution in [2.45, 2.75) is 0 Å². The number of rotatable bonds is 7. The highest BCUT2D eigenvalue weighted by atomic mass is 16.3. The second-order valence-electron chi connectivity index (χ2n) is 16.0. The van der Waals surface area contributed by atoms with Crippen molar-refractivity contribution in [3.05, 3.63) is 237 Å². The van der Waals surface area contributed by atoms with E-state index in [1.807, 2.05) is 12.1 Å². The summed E-state index contributed by atoms with van der Waals surface area (Å²) in [4.78, 5) is 2.47. The standard InChI is InChI=1S/C60H39NO/c1-2-15-44(16-3-1)59-54-24-8-6-21-51(54)52-22-7-9-25-55(52)60(59)61(48-19-12-18-45(38-48)46-34-37-58-56(39-46)53-23-10-11-27-57(53)62-58)47-35-32-41(33-36-47)40-28-30-43(31-29-40)50-26-13-17-42-14-4-5-20-49(42)50/h1-39H. The van der Waals surface area contributed by atoms with Gasteiger partial charge in [-0.05, 0) is 108 Å². The molecular formula is C60H39NO. The van der Waals surface area contributed by atoms with E-state index in [0.29, 0.717) is 0 Å². The molecule has 0 radical (unpaired) electrons. The highest BCUT2D eigenvalue weighted by molar-refractivity contribution is 6.22. The molecule has 11 aromatic carbocycles. The van der Waals surface area contributed by atoms with Crippen LogP contribution in [0.15, 0.2) is 241 Å². The van der Waals surface area contributed by atoms with Crippen molar-refractivity contribution < 1.29 is 4.42 Å². The van der Waals surface area contributed by atoms with Crippen molar-refractivity contribution in [3.63, 3.8) is 0 Å². The Bertz CT molecular complexity index is 3610. The summed E-state index contributed by atoms with van der Waals surface area (Å²) < 4.78 is 6.23. The predicted octanol–water partition coefficient (Wildman–Crippen LogP) is 17.2. The first kappa shape index (κ1) is 35.7. The number of benzene rings is 11. The van der Waals surface area contributed by atoms with Gasteiger partial charge in [0.15, 0.2) is 0 Å². The van der Waals surface area contributed by atoms with Crippen LogP contribution in [0.2, 0.25) is 0 Å². The summed E-state index contributed by atoms with van der Waals surface area (Å²) in [6.07, 6.45) is 0. The predicted molar refractivity (Wildman–Crippen MR) is 263 cm³/mol. The average Bonchev–Trinajstić information content (AvgIpc) is 3.73. The molecule has 290 valence electrons. The van der Waals surface area contributed by atoms with Gasteiger partial charge < -0.3 is 9.32 Å². The number of para-hydroxylation sites is 1. The Balaban J connectivity index is 1.04. The number of hydrogen-bond acceptors (Lipinski definition) is 2. The van der Waals surface area contributed by atoms with E-state index < -0.39 is 0 Å². The maximum absolute atomic E-state index is 6.23. The van der Waals surface area contributed by atoms with Crippen molar-refractivity contribution in [1.82, 2.24) is 0 Å². The zero-order valence-electron chi connectivity index (χ0n) is 33.9. The van der Waals surface area contributed by atoms with Gasteiger partial charge in [-0.1, -0.05) is 194 Å². The molecule has 0 saturated heterocycles. The second-order valence-corrected chi connectivity index (χ2v) is 16.0. The molecule has 0 spiro atoms. The molecule has 0 aliphatic carbocycles. The lowest BCUT2D eigenvalue weighted by Gasteiger charge is -2.31. The largest absolute Gasteiger partial charge is 0.456 e. The van der Waals surface area contributed by atoms with Gasteiger partial charge in [0.1, 0.15) is 11.2 Å². The van der Waals surface area contributed by atoms with Gasteiger partial charge in [0.2, 0.25) is 0 Å². The lowest BCUT2D eigenvalue weighted by Crippen LogP contribution is -2.12. The minimum Gasteiger partial charge on any atom is -0.456 e. The molecule has 0 amide bonds. The van der Waals surface area contributed by atoms with Crippen LogP contribution in [-0.4, -0.2) is 0 Å². The first-order chi connectivity index (χ1) is 30.7. The van der Waals surface area contributed by atoms with Crippen LogP contribution in [0.25, 0.3) is 98.8 Å². The molecule has 0 bridgehead atoms. The van der Waals surface area contributed by atoms with Gasteiger partial charge in [-0.15, -0.1) is 0 Å². The molecule has 12 aromatic rings. The zero-order valence-corrected chi connectivity index (χ0v) is 33.9. The number of hydrogen-bond donors (Lipinski definition) is 0. The maximum Gasteiger partial charge on any atom is 0.135 e. The summed E-state index contributed by atoms with van der Waals surface area (Å²) in [5, 5.41) is 9.63. The lowest BCUT2D eigenvalue weighted by atomic mass is 9.90. The smallest absolute Gasteiger partial charge is 0.135 e. The van der Waals surface area contributed by atoms with Crippen LogP contribution in [-0.2, 0) is 0 Å². The molecule has 0 aliphatic heterocycles. The van der Waals surface area contributed by atoms with E-state index in [9.17, 15) is 0 Å². The summed E-state index contributed by atoms with van der Waals surface area (Å²) >= 11 is 0. The minimum absolute atomic E-state index is 0.895. The Kier molecular flexibility index (Phi) is 8.53. The zero-order chi connectivity index (χ0) is 41.0. The van der Waals surface area contributed by atoms with Crippen LogP contribution < -0.4 is 4.90 Å². The Labute approximate surface area is 360 Å². The fourth-order valence-corrected chi connectivity index (χ4v) is 9.51. The van der Waals surface area contributed by atoms with Gasteiger partial charge >= 0.3 is 0 Å². The van der Waals surface area contributed by atoms with E-state index in [1.54, 1.807) is 0 Å². The van der Waals surface area contributed by atoms with E-state index in [0.717, 1.165) is 50.1 Å². The van der Waals surface area contributed by atoms with E-state index >= 15 is 0 Å². The Morgan fingerprint density at radius 2 is 0.806 bits per heavy atom. The average molecular weight is 790 g/mol. The van der Waals surface area contributed by atoms with E-state index in [-0.39, 0.29) is 0 Å². The summed E-state index contributed by atoms with van der Waals surface area (Å²) in [6, 6.07) is 85.6. The van der Waals surface area contributed by atoms with Crippen molar-refractivity contribution in [2.75, 3.05) is 4.90 Å². The lowest BCUT2D eigenvalue weighted by molar-refractivity contribution is 0.669. The van der Waals surface area contributed by atoms with Crippen LogP contribution in [0.5, 0.6) is 0 Å². The molecule has 0 saturated carbocycles. The van der Waals surface area contributed by atoms with Crippen molar-refractivity contribution in [3.8, 4) is 44.5 Å². The highest BCUT2D eigenvalue weighted by Crippen LogP contribution is 2.50. The number of anilines is 3. The van der Waals surface area contributed by atoms with Gasteiger partial charge in [-0.25, -0.2) is 0 Å². The van der Waals surface area contributed by atoms with Gasteiger partial charge in [0, 0.05) is 33.1 Å². The number of fused-ring (bicyclic) bond motifs is 7. The Hall–Kier alpha value is -8.20. The molecule has 0 aliphatic rings. The van der Waals surface area contributed by atoms with Crippen LogP contribution in [0.4, 0.5) is 17.1 Å². The molecule has 62 heavy (non-hydrogen) atoms. The number of furan rings is 1. The first-order valence-corrected chi connectivity index (χ1v) is 21.2. The summed E-state index contributed by atoms with van der Waals surface area (Å²) in [7, 11) is 0. The summed E-state index contributed by atoms with van der Waals surface area (Å²) in [6.45, 7) is 0. The minimum atomic E-state index is 0.895. The molecule has 2 nitrogen and oxygen atoms in total. The molecular weight excluding hydrogens is 751 g/mol. The fourth-order valence-electron chi connectivity index (χ4n) is 9.51. The third-order valence-electron chi connectivity index (χ3n) is 12.5. The molecule has 0 N–H and O–H groups in total. The molecule has 2 heteroatoms. The van der Waals surface area contributed by atoms with Gasteiger partial charge in [-0.3, -0.25) is 0 Å². The van der Waals surface area contributed by atoms with Crippen LogP contribution in [0.1, 0.15) is 0 Å². The van der Waals surface area contributed by atoms with Crippen molar-refractivity contribution >= 4 is 71.3 Å². The van der Waals surface area contributed by atoms with Crippen molar-refractivity contribution in [1.29, 1.82) is 0 Å². The molecule has 1 heterocycles. The summed E-state index contributed by atoms with van der Waals surface area (Å²) in [5.74, 6) is 0. The topological polar surface area (TPSA) is 16.4 Å². The summed E-state index contributed by atoms with van der Waals surface area (Å²) in [5.41, 5.74) is 14.5.